The number of rotatable bonds is 7. The molecule has 0 spiro atoms. The first-order valence-electron chi connectivity index (χ1n) is 4.18. The van der Waals surface area contributed by atoms with Crippen LogP contribution in [-0.4, -0.2) is 28.7 Å². The number of carbonyl (C=O) groups excluding carboxylic acids is 1. The summed E-state index contributed by atoms with van der Waals surface area (Å²) >= 11 is 0. The van der Waals surface area contributed by atoms with E-state index < -0.39 is 9.28 Å². The molecule has 0 amide bonds. The van der Waals surface area contributed by atoms with E-state index in [0.29, 0.717) is 6.61 Å². The first-order chi connectivity index (χ1) is 6.20. The van der Waals surface area contributed by atoms with Crippen molar-refractivity contribution >= 4 is 15.3 Å². The highest BCUT2D eigenvalue weighted by Gasteiger charge is 2.10. The molecule has 0 radical (unpaired) electrons. The maximum absolute atomic E-state index is 10.4. The highest BCUT2D eigenvalue weighted by molar-refractivity contribution is 6.44. The summed E-state index contributed by atoms with van der Waals surface area (Å²) in [6, 6.07) is 0.717. The van der Waals surface area contributed by atoms with Gasteiger partial charge in [0.1, 0.15) is 0 Å². The van der Waals surface area contributed by atoms with Gasteiger partial charge in [-0.1, -0.05) is 6.08 Å². The van der Waals surface area contributed by atoms with Gasteiger partial charge in [-0.25, -0.2) is 0 Å². The fourth-order valence-electron chi connectivity index (χ4n) is 0.699. The minimum atomic E-state index is -1.69. The van der Waals surface area contributed by atoms with Crippen LogP contribution in [0.15, 0.2) is 12.7 Å². The van der Waals surface area contributed by atoms with E-state index in [9.17, 15) is 4.79 Å². The zero-order valence-electron chi connectivity index (χ0n) is 8.12. The van der Waals surface area contributed by atoms with E-state index in [-0.39, 0.29) is 12.8 Å². The van der Waals surface area contributed by atoms with Crippen LogP contribution in [0.5, 0.6) is 0 Å². The van der Waals surface area contributed by atoms with E-state index in [1.165, 1.54) is 6.92 Å². The van der Waals surface area contributed by atoms with Crippen molar-refractivity contribution in [1.29, 1.82) is 0 Å². The smallest absolute Gasteiger partial charge is 0.327 e. The molecule has 0 fully saturated rings. The largest absolute Gasteiger partial charge is 0.440 e. The molecule has 1 atom stereocenters. The topological polar surface area (TPSA) is 44.8 Å². The van der Waals surface area contributed by atoms with Gasteiger partial charge in [-0.15, -0.1) is 6.58 Å². The standard InChI is InChI=1S/C8H16O4Si/c1-4-6-13(11-5-2)12-7-10-8(3)9/h4,13H,1,5-7H2,2-3H3. The van der Waals surface area contributed by atoms with Crippen molar-refractivity contribution in [3.05, 3.63) is 12.7 Å². The third kappa shape index (κ3) is 7.70. The molecule has 0 aromatic carbocycles. The summed E-state index contributed by atoms with van der Waals surface area (Å²) in [5, 5.41) is 0. The van der Waals surface area contributed by atoms with Crippen LogP contribution in [0.1, 0.15) is 13.8 Å². The molecule has 0 bridgehead atoms. The van der Waals surface area contributed by atoms with Gasteiger partial charge in [-0.3, -0.25) is 4.79 Å². The fraction of sp³-hybridized carbons (Fsp3) is 0.625. The third-order valence-electron chi connectivity index (χ3n) is 1.23. The van der Waals surface area contributed by atoms with Gasteiger partial charge >= 0.3 is 15.3 Å². The van der Waals surface area contributed by atoms with Gasteiger partial charge in [0, 0.05) is 19.6 Å². The summed E-state index contributed by atoms with van der Waals surface area (Å²) in [5.74, 6) is -0.345. The lowest BCUT2D eigenvalue weighted by Crippen LogP contribution is -2.24. The number of hydrogen-bond acceptors (Lipinski definition) is 4. The predicted octanol–water partition coefficient (Wildman–Crippen LogP) is 0.967. The normalized spacial score (nSPS) is 12.2. The van der Waals surface area contributed by atoms with E-state index >= 15 is 0 Å². The van der Waals surface area contributed by atoms with Gasteiger partial charge in [0.25, 0.3) is 0 Å². The molecule has 1 unspecified atom stereocenters. The Kier molecular flexibility index (Phi) is 7.57. The lowest BCUT2D eigenvalue weighted by atomic mass is 10.8. The Morgan fingerprint density at radius 2 is 2.23 bits per heavy atom. The van der Waals surface area contributed by atoms with Crippen LogP contribution in [0.25, 0.3) is 0 Å². The zero-order valence-corrected chi connectivity index (χ0v) is 9.27. The first kappa shape index (κ1) is 12.3. The summed E-state index contributed by atoms with van der Waals surface area (Å²) in [7, 11) is -1.69. The van der Waals surface area contributed by atoms with Crippen molar-refractivity contribution < 1.29 is 18.4 Å². The van der Waals surface area contributed by atoms with Crippen LogP contribution < -0.4 is 0 Å². The van der Waals surface area contributed by atoms with Crippen molar-refractivity contribution in [3.8, 4) is 0 Å². The second-order valence-corrected chi connectivity index (χ2v) is 4.33. The molecule has 76 valence electrons. The molecular weight excluding hydrogens is 188 g/mol. The molecule has 0 saturated carbocycles. The van der Waals surface area contributed by atoms with Gasteiger partial charge in [0.15, 0.2) is 6.79 Å². The molecule has 0 aliphatic rings. The summed E-state index contributed by atoms with van der Waals surface area (Å²) in [5.41, 5.74) is 0. The van der Waals surface area contributed by atoms with Crippen LogP contribution in [0.2, 0.25) is 6.04 Å². The number of esters is 1. The fourth-order valence-corrected chi connectivity index (χ4v) is 1.93. The third-order valence-corrected chi connectivity index (χ3v) is 3.16. The minimum Gasteiger partial charge on any atom is -0.440 e. The number of allylic oxidation sites excluding steroid dienone is 1. The van der Waals surface area contributed by atoms with E-state index in [4.69, 9.17) is 8.85 Å². The van der Waals surface area contributed by atoms with E-state index in [2.05, 4.69) is 11.3 Å². The average Bonchev–Trinajstić information content (AvgIpc) is 2.04. The Labute approximate surface area is 80.3 Å². The van der Waals surface area contributed by atoms with Crippen molar-refractivity contribution in [3.63, 3.8) is 0 Å². The molecule has 0 rings (SSSR count). The van der Waals surface area contributed by atoms with Crippen LogP contribution in [0, 0.1) is 0 Å². The number of hydrogen-bond donors (Lipinski definition) is 0. The summed E-state index contributed by atoms with van der Waals surface area (Å²) in [6.07, 6.45) is 1.75. The van der Waals surface area contributed by atoms with Crippen LogP contribution in [-0.2, 0) is 18.4 Å². The number of ether oxygens (including phenoxy) is 1. The van der Waals surface area contributed by atoms with Crippen LogP contribution in [0.3, 0.4) is 0 Å². The zero-order chi connectivity index (χ0) is 10.1. The van der Waals surface area contributed by atoms with Gasteiger partial charge < -0.3 is 13.6 Å². The second kappa shape index (κ2) is 7.97. The lowest BCUT2D eigenvalue weighted by molar-refractivity contribution is -0.148. The summed E-state index contributed by atoms with van der Waals surface area (Å²) < 4.78 is 15.2. The lowest BCUT2D eigenvalue weighted by Gasteiger charge is -2.13. The van der Waals surface area contributed by atoms with Crippen molar-refractivity contribution in [1.82, 2.24) is 0 Å². The molecule has 0 heterocycles. The summed E-state index contributed by atoms with van der Waals surface area (Å²) in [6.45, 7) is 7.44. The number of carbonyl (C=O) groups is 1. The molecule has 13 heavy (non-hydrogen) atoms. The molecule has 0 N–H and O–H groups in total. The van der Waals surface area contributed by atoms with Crippen molar-refractivity contribution in [2.24, 2.45) is 0 Å². The Morgan fingerprint density at radius 1 is 1.54 bits per heavy atom. The Bertz CT molecular complexity index is 160. The Hall–Kier alpha value is -0.653. The monoisotopic (exact) mass is 204 g/mol. The second-order valence-electron chi connectivity index (χ2n) is 2.33. The van der Waals surface area contributed by atoms with Gasteiger partial charge in [-0.2, -0.15) is 0 Å². The maximum Gasteiger partial charge on any atom is 0.327 e. The first-order valence-corrected chi connectivity index (χ1v) is 5.94. The van der Waals surface area contributed by atoms with Gasteiger partial charge in [0.2, 0.25) is 0 Å². The highest BCUT2D eigenvalue weighted by atomic mass is 28.3. The van der Waals surface area contributed by atoms with Crippen LogP contribution >= 0.6 is 0 Å². The molecule has 0 aromatic rings. The van der Waals surface area contributed by atoms with Gasteiger partial charge in [-0.05, 0) is 6.92 Å². The minimum absolute atomic E-state index is 0.0138. The molecule has 5 heteroatoms. The van der Waals surface area contributed by atoms with E-state index in [1.807, 2.05) is 6.92 Å². The quantitative estimate of drug-likeness (QED) is 0.268. The molecular formula is C8H16O4Si. The maximum atomic E-state index is 10.4. The molecule has 0 saturated heterocycles. The van der Waals surface area contributed by atoms with E-state index in [1.54, 1.807) is 6.08 Å². The average molecular weight is 204 g/mol. The van der Waals surface area contributed by atoms with Crippen molar-refractivity contribution in [2.75, 3.05) is 13.4 Å². The predicted molar refractivity (Wildman–Crippen MR) is 51.5 cm³/mol. The van der Waals surface area contributed by atoms with Gasteiger partial charge in [0.05, 0.1) is 0 Å². The highest BCUT2D eigenvalue weighted by Crippen LogP contribution is 1.98. The van der Waals surface area contributed by atoms with Crippen molar-refractivity contribution in [2.45, 2.75) is 19.9 Å². The Balaban J connectivity index is 3.55. The Morgan fingerprint density at radius 3 is 2.69 bits per heavy atom. The molecule has 0 aromatic heterocycles. The van der Waals surface area contributed by atoms with E-state index in [0.717, 1.165) is 6.04 Å². The SMILES string of the molecule is C=CC[SiH](OCC)OCOC(C)=O. The summed E-state index contributed by atoms with van der Waals surface area (Å²) in [4.78, 5) is 10.4. The molecule has 4 nitrogen and oxygen atoms in total. The molecule has 0 aliphatic heterocycles. The van der Waals surface area contributed by atoms with Crippen LogP contribution in [0.4, 0.5) is 0 Å². The molecule has 0 aliphatic carbocycles.